The lowest BCUT2D eigenvalue weighted by atomic mass is 10.2. The third kappa shape index (κ3) is 7.36. The molecule has 7 nitrogen and oxygen atoms in total. The molecule has 10 heteroatoms. The molecular weight excluding hydrogens is 517 g/mol. The summed E-state index contributed by atoms with van der Waals surface area (Å²) in [4.78, 5) is 0. The van der Waals surface area contributed by atoms with Gasteiger partial charge in [0.05, 0.1) is 12.3 Å². The Labute approximate surface area is 225 Å². The number of halogens is 2. The molecule has 4 aromatic rings. The zero-order valence-corrected chi connectivity index (χ0v) is 22.2. The molecule has 0 aliphatic rings. The lowest BCUT2D eigenvalue weighted by molar-refractivity contribution is 0.269. The summed E-state index contributed by atoms with van der Waals surface area (Å²) in [6.45, 7) is 4.33. The Balaban J connectivity index is 1.26. The van der Waals surface area contributed by atoms with E-state index in [1.807, 2.05) is 73.7 Å². The van der Waals surface area contributed by atoms with Crippen molar-refractivity contribution >= 4 is 35.0 Å². The van der Waals surface area contributed by atoms with E-state index >= 15 is 0 Å². The highest BCUT2D eigenvalue weighted by molar-refractivity contribution is 7.99. The van der Waals surface area contributed by atoms with E-state index in [4.69, 9.17) is 32.7 Å². The number of hydrogen-bond donors (Lipinski definition) is 1. The van der Waals surface area contributed by atoms with Gasteiger partial charge in [-0.05, 0) is 71.8 Å². The van der Waals surface area contributed by atoms with Gasteiger partial charge in [-0.25, -0.2) is 0 Å². The first-order valence-corrected chi connectivity index (χ1v) is 13.4. The van der Waals surface area contributed by atoms with Crippen LogP contribution in [0.1, 0.15) is 24.5 Å². The smallest absolute Gasteiger partial charge is 0.214 e. The molecule has 0 aliphatic carbocycles. The van der Waals surface area contributed by atoms with Crippen molar-refractivity contribution in [3.05, 3.63) is 87.9 Å². The fourth-order valence-electron chi connectivity index (χ4n) is 3.42. The fraction of sp³-hybridized carbons (Fsp3) is 0.269. The van der Waals surface area contributed by atoms with Crippen molar-refractivity contribution in [2.45, 2.75) is 31.7 Å². The van der Waals surface area contributed by atoms with Crippen molar-refractivity contribution in [2.75, 3.05) is 18.9 Å². The average molecular weight is 545 g/mol. The van der Waals surface area contributed by atoms with Gasteiger partial charge in [0.25, 0.3) is 0 Å². The van der Waals surface area contributed by atoms with Crippen molar-refractivity contribution in [2.24, 2.45) is 0 Å². The second kappa shape index (κ2) is 13.5. The lowest BCUT2D eigenvalue weighted by Crippen LogP contribution is -2.16. The van der Waals surface area contributed by atoms with E-state index in [1.165, 1.54) is 0 Å². The molecule has 0 amide bonds. The molecule has 4 rings (SSSR count). The molecule has 0 fully saturated rings. The molecule has 0 aliphatic heterocycles. The first-order chi connectivity index (χ1) is 17.6. The molecule has 0 radical (unpaired) electrons. The summed E-state index contributed by atoms with van der Waals surface area (Å²) in [5.74, 6) is 2.18. The number of hydrogen-bond acceptors (Lipinski definition) is 7. The molecule has 0 bridgehead atoms. The van der Waals surface area contributed by atoms with Crippen molar-refractivity contribution in [1.82, 2.24) is 25.5 Å². The van der Waals surface area contributed by atoms with E-state index in [0.717, 1.165) is 40.7 Å². The maximum absolute atomic E-state index is 6.57. The van der Waals surface area contributed by atoms with Crippen LogP contribution in [-0.4, -0.2) is 39.1 Å². The number of para-hydroxylation sites is 1. The zero-order chi connectivity index (χ0) is 25.2. The molecule has 188 valence electrons. The summed E-state index contributed by atoms with van der Waals surface area (Å²) >= 11 is 14.2. The van der Waals surface area contributed by atoms with E-state index < -0.39 is 0 Å². The van der Waals surface area contributed by atoms with Gasteiger partial charge in [0.1, 0.15) is 6.61 Å². The van der Waals surface area contributed by atoms with E-state index in [-0.39, 0.29) is 0 Å². The number of thioether (sulfide) groups is 1. The number of aromatic nitrogens is 4. The van der Waals surface area contributed by atoms with Crippen molar-refractivity contribution in [3.63, 3.8) is 0 Å². The summed E-state index contributed by atoms with van der Waals surface area (Å²) in [7, 11) is 0. The molecule has 0 spiro atoms. The number of nitrogens with one attached hydrogen (secondary N) is 1. The Morgan fingerprint density at radius 3 is 2.53 bits per heavy atom. The minimum Gasteiger partial charge on any atom is -0.490 e. The van der Waals surface area contributed by atoms with E-state index in [1.54, 1.807) is 16.4 Å². The van der Waals surface area contributed by atoms with Crippen LogP contribution in [0.25, 0.3) is 5.69 Å². The molecule has 1 heterocycles. The van der Waals surface area contributed by atoms with Gasteiger partial charge < -0.3 is 14.8 Å². The second-order valence-electron chi connectivity index (χ2n) is 7.83. The van der Waals surface area contributed by atoms with Gasteiger partial charge in [-0.2, -0.15) is 4.68 Å². The number of rotatable bonds is 13. The maximum Gasteiger partial charge on any atom is 0.214 e. The molecule has 3 aromatic carbocycles. The van der Waals surface area contributed by atoms with Gasteiger partial charge in [-0.15, -0.1) is 5.10 Å². The molecule has 0 saturated heterocycles. The van der Waals surface area contributed by atoms with Crippen LogP contribution >= 0.6 is 35.0 Å². The third-order valence-electron chi connectivity index (χ3n) is 5.21. The SMILES string of the molecule is CCOc1cc(CNCCCSc2nnnn2-c2ccccc2)c(Cl)cc1OCc1ccc(Cl)cc1. The monoisotopic (exact) mass is 543 g/mol. The van der Waals surface area contributed by atoms with Crippen LogP contribution in [0, 0.1) is 0 Å². The second-order valence-corrected chi connectivity index (χ2v) is 9.73. The molecule has 1 aromatic heterocycles. The van der Waals surface area contributed by atoms with Crippen LogP contribution in [0.3, 0.4) is 0 Å². The minimum atomic E-state index is 0.399. The Kier molecular flexibility index (Phi) is 9.86. The first kappa shape index (κ1) is 26.3. The predicted molar refractivity (Wildman–Crippen MR) is 145 cm³/mol. The van der Waals surface area contributed by atoms with Gasteiger partial charge in [-0.1, -0.05) is 65.3 Å². The standard InChI is InChI=1S/C26H27Cl2N5O2S/c1-2-34-24-15-20(23(28)16-25(24)35-18-19-9-11-21(27)12-10-19)17-29-13-6-14-36-26-30-31-32-33(26)22-7-4-3-5-8-22/h3-5,7-12,15-16,29H,2,6,13-14,17-18H2,1H3. The molecular formula is C26H27Cl2N5O2S. The van der Waals surface area contributed by atoms with Crippen molar-refractivity contribution < 1.29 is 9.47 Å². The van der Waals surface area contributed by atoms with Crippen molar-refractivity contribution in [1.29, 1.82) is 0 Å². The summed E-state index contributed by atoms with van der Waals surface area (Å²) in [5, 5.41) is 17.6. The summed E-state index contributed by atoms with van der Waals surface area (Å²) in [6.07, 6.45) is 0.949. The number of tetrazole rings is 1. The van der Waals surface area contributed by atoms with Gasteiger partial charge in [0, 0.05) is 28.4 Å². The van der Waals surface area contributed by atoms with Gasteiger partial charge in [0.2, 0.25) is 5.16 Å². The van der Waals surface area contributed by atoms with E-state index in [2.05, 4.69) is 20.8 Å². The Morgan fingerprint density at radius 1 is 0.972 bits per heavy atom. The Hall–Kier alpha value is -2.78. The molecule has 0 saturated carbocycles. The predicted octanol–water partition coefficient (Wildman–Crippen LogP) is 6.22. The highest BCUT2D eigenvalue weighted by Gasteiger charge is 2.12. The van der Waals surface area contributed by atoms with Gasteiger partial charge >= 0.3 is 0 Å². The molecule has 36 heavy (non-hydrogen) atoms. The van der Waals surface area contributed by atoms with Gasteiger partial charge in [-0.3, -0.25) is 0 Å². The Bertz CT molecular complexity index is 1240. The highest BCUT2D eigenvalue weighted by Crippen LogP contribution is 2.34. The molecule has 0 unspecified atom stereocenters. The minimum absolute atomic E-state index is 0.399. The highest BCUT2D eigenvalue weighted by atomic mass is 35.5. The normalized spacial score (nSPS) is 11.0. The average Bonchev–Trinajstić information content (AvgIpc) is 3.37. The van der Waals surface area contributed by atoms with Crippen LogP contribution in [0.15, 0.2) is 71.9 Å². The molecule has 0 atom stereocenters. The number of nitrogens with zero attached hydrogens (tertiary/aromatic N) is 4. The van der Waals surface area contributed by atoms with Crippen molar-refractivity contribution in [3.8, 4) is 17.2 Å². The quantitative estimate of drug-likeness (QED) is 0.158. The van der Waals surface area contributed by atoms with Crippen LogP contribution in [0.4, 0.5) is 0 Å². The summed E-state index contributed by atoms with van der Waals surface area (Å²) < 4.78 is 13.6. The van der Waals surface area contributed by atoms with Crippen LogP contribution in [-0.2, 0) is 13.2 Å². The van der Waals surface area contributed by atoms with E-state index in [0.29, 0.717) is 41.3 Å². The van der Waals surface area contributed by atoms with Crippen LogP contribution in [0.2, 0.25) is 10.0 Å². The largest absolute Gasteiger partial charge is 0.490 e. The lowest BCUT2D eigenvalue weighted by Gasteiger charge is -2.15. The molecule has 1 N–H and O–H groups in total. The number of benzene rings is 3. The topological polar surface area (TPSA) is 74.1 Å². The summed E-state index contributed by atoms with van der Waals surface area (Å²) in [5.41, 5.74) is 2.92. The van der Waals surface area contributed by atoms with Crippen LogP contribution in [0.5, 0.6) is 11.5 Å². The first-order valence-electron chi connectivity index (χ1n) is 11.6. The fourth-order valence-corrected chi connectivity index (χ4v) is 4.60. The third-order valence-corrected chi connectivity index (χ3v) is 6.82. The zero-order valence-electron chi connectivity index (χ0n) is 19.9. The van der Waals surface area contributed by atoms with E-state index in [9.17, 15) is 0 Å². The van der Waals surface area contributed by atoms with Crippen LogP contribution < -0.4 is 14.8 Å². The summed E-state index contributed by atoms with van der Waals surface area (Å²) in [6, 6.07) is 21.2. The number of ether oxygens (including phenoxy) is 2. The van der Waals surface area contributed by atoms with Gasteiger partial charge in [0.15, 0.2) is 11.5 Å². The Morgan fingerprint density at radius 2 is 1.75 bits per heavy atom. The maximum atomic E-state index is 6.57.